The fourth-order valence-corrected chi connectivity index (χ4v) is 1.19. The molecule has 1 aromatic heterocycles. The quantitative estimate of drug-likeness (QED) is 0.810. The van der Waals surface area contributed by atoms with Crippen LogP contribution in [0.15, 0.2) is 10.7 Å². The first kappa shape index (κ1) is 9.60. The molecule has 68 valence electrons. The third-order valence-electron chi connectivity index (χ3n) is 1.31. The first-order chi connectivity index (χ1) is 5.66. The van der Waals surface area contributed by atoms with Crippen molar-refractivity contribution in [3.63, 3.8) is 0 Å². The minimum Gasteiger partial charge on any atom is -0.378 e. The molecule has 0 amide bonds. The van der Waals surface area contributed by atoms with Gasteiger partial charge in [0.25, 0.3) is 0 Å². The van der Waals surface area contributed by atoms with E-state index < -0.39 is 6.55 Å². The molecule has 0 bridgehead atoms. The van der Waals surface area contributed by atoms with Gasteiger partial charge < -0.3 is 4.74 Å². The van der Waals surface area contributed by atoms with Gasteiger partial charge in [-0.3, -0.25) is 0 Å². The fourth-order valence-electron chi connectivity index (χ4n) is 0.807. The molecule has 1 heterocycles. The van der Waals surface area contributed by atoms with E-state index >= 15 is 0 Å². The predicted molar refractivity (Wildman–Crippen MR) is 41.9 cm³/mol. The molecule has 0 atom stereocenters. The summed E-state index contributed by atoms with van der Waals surface area (Å²) in [6.45, 7) is -2.51. The van der Waals surface area contributed by atoms with Crippen molar-refractivity contribution in [3.8, 4) is 0 Å². The predicted octanol–water partition coefficient (Wildman–Crippen LogP) is 2.19. The lowest BCUT2D eigenvalue weighted by atomic mass is 10.4. The molecule has 0 saturated heterocycles. The lowest BCUT2D eigenvalue weighted by Crippen LogP contribution is -2.06. The third kappa shape index (κ3) is 1.81. The smallest absolute Gasteiger partial charge is 0.333 e. The van der Waals surface area contributed by atoms with Crippen LogP contribution in [-0.2, 0) is 11.3 Å². The van der Waals surface area contributed by atoms with Gasteiger partial charge in [0.15, 0.2) is 0 Å². The van der Waals surface area contributed by atoms with Gasteiger partial charge in [0.1, 0.15) is 0 Å². The Kier molecular flexibility index (Phi) is 3.16. The van der Waals surface area contributed by atoms with Gasteiger partial charge in [-0.2, -0.15) is 13.9 Å². The summed E-state index contributed by atoms with van der Waals surface area (Å²) in [6.07, 6.45) is 1.32. The maximum absolute atomic E-state index is 12.2. The van der Waals surface area contributed by atoms with E-state index in [1.165, 1.54) is 13.3 Å². The van der Waals surface area contributed by atoms with Crippen LogP contribution in [0, 0.1) is 0 Å². The minimum absolute atomic E-state index is 0.116. The zero-order valence-corrected chi connectivity index (χ0v) is 7.88. The summed E-state index contributed by atoms with van der Waals surface area (Å²) in [5.41, 5.74) is 0.340. The molecule has 0 unspecified atom stereocenters. The SMILES string of the molecule is COCc1c(Br)cnn1C(F)F. The van der Waals surface area contributed by atoms with Crippen LogP contribution in [0.1, 0.15) is 12.2 Å². The zero-order chi connectivity index (χ0) is 9.14. The van der Waals surface area contributed by atoms with E-state index in [4.69, 9.17) is 4.74 Å². The van der Waals surface area contributed by atoms with Crippen molar-refractivity contribution >= 4 is 15.9 Å². The highest BCUT2D eigenvalue weighted by Crippen LogP contribution is 2.21. The number of alkyl halides is 2. The first-order valence-corrected chi connectivity index (χ1v) is 3.95. The van der Waals surface area contributed by atoms with E-state index in [0.717, 1.165) is 0 Å². The number of methoxy groups -OCH3 is 1. The van der Waals surface area contributed by atoms with Crippen LogP contribution in [0.2, 0.25) is 0 Å². The Balaban J connectivity index is 2.95. The Labute approximate surface area is 76.4 Å². The van der Waals surface area contributed by atoms with Crippen molar-refractivity contribution < 1.29 is 13.5 Å². The summed E-state index contributed by atoms with van der Waals surface area (Å²) < 4.78 is 30.3. The second-order valence-electron chi connectivity index (χ2n) is 2.09. The molecule has 0 fully saturated rings. The van der Waals surface area contributed by atoms with E-state index in [1.54, 1.807) is 0 Å². The number of ether oxygens (including phenoxy) is 1. The molecule has 0 spiro atoms. The molecule has 6 heteroatoms. The van der Waals surface area contributed by atoms with Crippen molar-refractivity contribution in [2.45, 2.75) is 13.2 Å². The summed E-state index contributed by atoms with van der Waals surface area (Å²) in [7, 11) is 1.44. The average Bonchev–Trinajstić information content (AvgIpc) is 2.34. The summed E-state index contributed by atoms with van der Waals surface area (Å²) in [5.74, 6) is 0. The average molecular weight is 241 g/mol. The van der Waals surface area contributed by atoms with Gasteiger partial charge in [-0.25, -0.2) is 4.68 Å². The normalized spacial score (nSPS) is 11.1. The number of halogens is 3. The van der Waals surface area contributed by atoms with E-state index in [9.17, 15) is 8.78 Å². The van der Waals surface area contributed by atoms with Gasteiger partial charge in [0.2, 0.25) is 0 Å². The van der Waals surface area contributed by atoms with Crippen LogP contribution in [0.5, 0.6) is 0 Å². The van der Waals surface area contributed by atoms with E-state index in [-0.39, 0.29) is 6.61 Å². The number of rotatable bonds is 3. The highest BCUT2D eigenvalue weighted by Gasteiger charge is 2.14. The van der Waals surface area contributed by atoms with Crippen molar-refractivity contribution in [2.75, 3.05) is 7.11 Å². The monoisotopic (exact) mass is 240 g/mol. The first-order valence-electron chi connectivity index (χ1n) is 3.15. The van der Waals surface area contributed by atoms with Crippen LogP contribution < -0.4 is 0 Å². The molecule has 0 aliphatic heterocycles. The van der Waals surface area contributed by atoms with Crippen molar-refractivity contribution in [2.24, 2.45) is 0 Å². The summed E-state index contributed by atoms with van der Waals surface area (Å²) in [5, 5.41) is 3.47. The molecule has 12 heavy (non-hydrogen) atoms. The van der Waals surface area contributed by atoms with Gasteiger partial charge in [0, 0.05) is 7.11 Å². The number of aromatic nitrogens is 2. The highest BCUT2D eigenvalue weighted by atomic mass is 79.9. The Morgan fingerprint density at radius 3 is 2.92 bits per heavy atom. The molecule has 0 aromatic carbocycles. The highest BCUT2D eigenvalue weighted by molar-refractivity contribution is 9.10. The zero-order valence-electron chi connectivity index (χ0n) is 6.30. The van der Waals surface area contributed by atoms with Crippen LogP contribution >= 0.6 is 15.9 Å². The fraction of sp³-hybridized carbons (Fsp3) is 0.500. The lowest BCUT2D eigenvalue weighted by molar-refractivity contribution is 0.0461. The van der Waals surface area contributed by atoms with Gasteiger partial charge in [0.05, 0.1) is 23.0 Å². The maximum atomic E-state index is 12.2. The third-order valence-corrected chi connectivity index (χ3v) is 1.98. The molecule has 0 saturated carbocycles. The minimum atomic E-state index is -2.62. The molecule has 0 aliphatic carbocycles. The number of hydrogen-bond acceptors (Lipinski definition) is 2. The second kappa shape index (κ2) is 3.95. The van der Waals surface area contributed by atoms with E-state index in [0.29, 0.717) is 14.8 Å². The summed E-state index contributed by atoms with van der Waals surface area (Å²) in [4.78, 5) is 0. The Hall–Kier alpha value is -0.490. The molecular weight excluding hydrogens is 234 g/mol. The van der Waals surface area contributed by atoms with Gasteiger partial charge in [-0.1, -0.05) is 0 Å². The van der Waals surface area contributed by atoms with Gasteiger partial charge in [-0.15, -0.1) is 0 Å². The van der Waals surface area contributed by atoms with Gasteiger partial charge >= 0.3 is 6.55 Å². The second-order valence-corrected chi connectivity index (χ2v) is 2.95. The lowest BCUT2D eigenvalue weighted by Gasteiger charge is -2.04. The van der Waals surface area contributed by atoms with Crippen LogP contribution in [0.4, 0.5) is 8.78 Å². The summed E-state index contributed by atoms with van der Waals surface area (Å²) in [6, 6.07) is 0. The Bertz CT molecular complexity index is 264. The molecule has 0 N–H and O–H groups in total. The van der Waals surface area contributed by atoms with Crippen molar-refractivity contribution in [1.82, 2.24) is 9.78 Å². The molecular formula is C6H7BrF2N2O. The molecule has 0 radical (unpaired) electrons. The Morgan fingerprint density at radius 1 is 1.75 bits per heavy atom. The largest absolute Gasteiger partial charge is 0.378 e. The topological polar surface area (TPSA) is 27.1 Å². The molecule has 1 aromatic rings. The molecule has 0 aliphatic rings. The van der Waals surface area contributed by atoms with Crippen LogP contribution in [0.3, 0.4) is 0 Å². The van der Waals surface area contributed by atoms with E-state index in [2.05, 4.69) is 21.0 Å². The number of nitrogens with zero attached hydrogens (tertiary/aromatic N) is 2. The maximum Gasteiger partial charge on any atom is 0.333 e. The van der Waals surface area contributed by atoms with Crippen molar-refractivity contribution in [1.29, 1.82) is 0 Å². The number of hydrogen-bond donors (Lipinski definition) is 0. The van der Waals surface area contributed by atoms with E-state index in [1.807, 2.05) is 0 Å². The Morgan fingerprint density at radius 2 is 2.42 bits per heavy atom. The summed E-state index contributed by atoms with van der Waals surface area (Å²) >= 11 is 3.09. The molecule has 3 nitrogen and oxygen atoms in total. The van der Waals surface area contributed by atoms with Crippen molar-refractivity contribution in [3.05, 3.63) is 16.4 Å². The van der Waals surface area contributed by atoms with Crippen LogP contribution in [0.25, 0.3) is 0 Å². The molecule has 1 rings (SSSR count). The van der Waals surface area contributed by atoms with Crippen LogP contribution in [-0.4, -0.2) is 16.9 Å². The van der Waals surface area contributed by atoms with Gasteiger partial charge in [-0.05, 0) is 15.9 Å². The standard InChI is InChI=1S/C6H7BrF2N2O/c1-12-3-5-4(7)2-10-11(5)6(8)9/h2,6H,3H2,1H3.